The van der Waals surface area contributed by atoms with E-state index in [1.54, 1.807) is 0 Å². The van der Waals surface area contributed by atoms with Gasteiger partial charge in [0, 0.05) is 5.92 Å². The summed E-state index contributed by atoms with van der Waals surface area (Å²) in [6, 6.07) is 22.2. The summed E-state index contributed by atoms with van der Waals surface area (Å²) < 4.78 is 33.2. The molecular weight excluding hydrogens is 428 g/mol. The van der Waals surface area contributed by atoms with Gasteiger partial charge in [0.2, 0.25) is 0 Å². The van der Waals surface area contributed by atoms with Crippen molar-refractivity contribution in [3.63, 3.8) is 0 Å². The predicted molar refractivity (Wildman–Crippen MR) is 132 cm³/mol. The highest BCUT2D eigenvalue weighted by Gasteiger charge is 2.30. The van der Waals surface area contributed by atoms with Crippen LogP contribution in [-0.4, -0.2) is 30.6 Å². The number of ether oxygens (including phenoxy) is 1. The first-order valence-electron chi connectivity index (χ1n) is 12.6. The number of benzene rings is 3. The summed E-state index contributed by atoms with van der Waals surface area (Å²) in [5, 5.41) is 0. The van der Waals surface area contributed by atoms with Crippen molar-refractivity contribution in [3.8, 4) is 0 Å². The van der Waals surface area contributed by atoms with Crippen molar-refractivity contribution in [1.29, 1.82) is 0 Å². The molecule has 0 aromatic heterocycles. The number of likely N-dealkylation sites (tertiary alicyclic amines) is 1. The normalized spacial score (nSPS) is 19.3. The smallest absolute Gasteiger partial charge is 0.123 e. The summed E-state index contributed by atoms with van der Waals surface area (Å²) in [5.74, 6) is 0.329. The van der Waals surface area contributed by atoms with Crippen LogP contribution in [0.1, 0.15) is 53.9 Å². The third-order valence-electron chi connectivity index (χ3n) is 7.66. The van der Waals surface area contributed by atoms with Crippen LogP contribution in [-0.2, 0) is 17.8 Å². The molecule has 0 amide bonds. The van der Waals surface area contributed by atoms with E-state index in [4.69, 9.17) is 4.74 Å². The Kier molecular flexibility index (Phi) is 7.36. The van der Waals surface area contributed by atoms with Gasteiger partial charge >= 0.3 is 0 Å². The average Bonchev–Trinajstić information content (AvgIpc) is 2.88. The molecule has 1 unspecified atom stereocenters. The largest absolute Gasteiger partial charge is 0.373 e. The van der Waals surface area contributed by atoms with Gasteiger partial charge in [0.25, 0.3) is 0 Å². The number of hydrogen-bond donors (Lipinski definition) is 0. The molecule has 0 saturated carbocycles. The number of piperidine rings is 1. The number of rotatable bonds is 7. The van der Waals surface area contributed by atoms with Gasteiger partial charge in [-0.2, -0.15) is 0 Å². The molecule has 0 N–H and O–H groups in total. The minimum atomic E-state index is -0.227. The van der Waals surface area contributed by atoms with Crippen LogP contribution in [0.25, 0.3) is 0 Å². The van der Waals surface area contributed by atoms with Crippen LogP contribution in [0.2, 0.25) is 0 Å². The van der Waals surface area contributed by atoms with Crippen LogP contribution in [0.4, 0.5) is 8.78 Å². The van der Waals surface area contributed by atoms with Crippen molar-refractivity contribution in [2.75, 3.05) is 19.6 Å². The van der Waals surface area contributed by atoms with E-state index in [2.05, 4.69) is 29.2 Å². The number of halogens is 2. The van der Waals surface area contributed by atoms with Crippen LogP contribution >= 0.6 is 0 Å². The Hall–Kier alpha value is -2.56. The summed E-state index contributed by atoms with van der Waals surface area (Å²) in [4.78, 5) is 2.57. The quantitative estimate of drug-likeness (QED) is 0.387. The first kappa shape index (κ1) is 23.2. The Morgan fingerprint density at radius 3 is 2.00 bits per heavy atom. The highest BCUT2D eigenvalue weighted by molar-refractivity contribution is 5.33. The van der Waals surface area contributed by atoms with Gasteiger partial charge in [0.05, 0.1) is 12.7 Å². The van der Waals surface area contributed by atoms with Crippen LogP contribution in [0, 0.1) is 17.6 Å². The third kappa shape index (κ3) is 5.56. The predicted octanol–water partition coefficient (Wildman–Crippen LogP) is 6.73. The molecule has 3 aromatic rings. The second kappa shape index (κ2) is 10.8. The van der Waals surface area contributed by atoms with Gasteiger partial charge in [-0.1, -0.05) is 48.5 Å². The van der Waals surface area contributed by atoms with Crippen LogP contribution in [0.15, 0.2) is 72.8 Å². The fraction of sp³-hybridized carbons (Fsp3) is 0.400. The first-order valence-corrected chi connectivity index (χ1v) is 12.6. The fourth-order valence-corrected chi connectivity index (χ4v) is 5.66. The van der Waals surface area contributed by atoms with Crippen molar-refractivity contribution in [2.24, 2.45) is 5.92 Å². The van der Waals surface area contributed by atoms with Gasteiger partial charge in [-0.25, -0.2) is 8.78 Å². The molecule has 2 aliphatic rings. The van der Waals surface area contributed by atoms with Crippen molar-refractivity contribution in [1.82, 2.24) is 4.90 Å². The van der Waals surface area contributed by atoms with Crippen molar-refractivity contribution >= 4 is 0 Å². The zero-order valence-electron chi connectivity index (χ0n) is 19.6. The summed E-state index contributed by atoms with van der Waals surface area (Å²) in [7, 11) is 0. The fourth-order valence-electron chi connectivity index (χ4n) is 5.66. The molecule has 5 rings (SSSR count). The lowest BCUT2D eigenvalue weighted by Crippen LogP contribution is -2.40. The molecular formula is C30H33F2NO. The first-order chi connectivity index (χ1) is 16.7. The molecule has 1 saturated heterocycles. The number of nitrogens with zero attached hydrogens (tertiary/aromatic N) is 1. The molecule has 1 atom stereocenters. The zero-order valence-corrected chi connectivity index (χ0v) is 19.6. The highest BCUT2D eigenvalue weighted by atomic mass is 19.1. The van der Waals surface area contributed by atoms with Gasteiger partial charge in [-0.15, -0.1) is 0 Å². The minimum absolute atomic E-state index is 0.148. The molecule has 34 heavy (non-hydrogen) atoms. The minimum Gasteiger partial charge on any atom is -0.373 e. The molecule has 2 nitrogen and oxygen atoms in total. The maximum Gasteiger partial charge on any atom is 0.123 e. The van der Waals surface area contributed by atoms with Gasteiger partial charge in [0.15, 0.2) is 0 Å². The SMILES string of the molecule is Fc1ccc(C(CCCN2CCC(C3Cc4ccccc4CO3)CC2)c2ccc(F)cc2)cc1. The van der Waals surface area contributed by atoms with Crippen LogP contribution in [0.5, 0.6) is 0 Å². The Morgan fingerprint density at radius 1 is 0.794 bits per heavy atom. The lowest BCUT2D eigenvalue weighted by Gasteiger charge is -2.38. The van der Waals surface area contributed by atoms with Crippen molar-refractivity contribution in [3.05, 3.63) is 107 Å². The Morgan fingerprint density at radius 2 is 1.38 bits per heavy atom. The Labute approximate surface area is 201 Å². The van der Waals surface area contributed by atoms with Crippen LogP contribution in [0.3, 0.4) is 0 Å². The lowest BCUT2D eigenvalue weighted by atomic mass is 9.85. The number of fused-ring (bicyclic) bond motifs is 1. The monoisotopic (exact) mass is 461 g/mol. The van der Waals surface area contributed by atoms with Gasteiger partial charge < -0.3 is 9.64 Å². The third-order valence-corrected chi connectivity index (χ3v) is 7.66. The molecule has 4 heteroatoms. The molecule has 0 bridgehead atoms. The van der Waals surface area contributed by atoms with E-state index >= 15 is 0 Å². The van der Waals surface area contributed by atoms with E-state index in [9.17, 15) is 8.78 Å². The summed E-state index contributed by atoms with van der Waals surface area (Å²) in [5.41, 5.74) is 4.96. The maximum absolute atomic E-state index is 13.5. The summed E-state index contributed by atoms with van der Waals surface area (Å²) in [6.07, 6.45) is 5.77. The summed E-state index contributed by atoms with van der Waals surface area (Å²) >= 11 is 0. The molecule has 178 valence electrons. The standard InChI is InChI=1S/C30H33F2NO/c31-27-11-7-22(8-12-27)29(23-9-13-28(32)14-10-23)6-3-17-33-18-15-24(16-19-33)30-20-25-4-1-2-5-26(25)21-34-30/h1-2,4-5,7-14,24,29-30H,3,6,15-21H2. The molecule has 0 radical (unpaired) electrons. The van der Waals surface area contributed by atoms with Gasteiger partial charge in [-0.05, 0) is 104 Å². The van der Waals surface area contributed by atoms with Gasteiger partial charge in [-0.3, -0.25) is 0 Å². The van der Waals surface area contributed by atoms with E-state index in [1.807, 2.05) is 24.3 Å². The average molecular weight is 462 g/mol. The zero-order chi connectivity index (χ0) is 23.3. The summed E-state index contributed by atoms with van der Waals surface area (Å²) in [6.45, 7) is 4.03. The van der Waals surface area contributed by atoms with Crippen LogP contribution < -0.4 is 0 Å². The second-order valence-corrected chi connectivity index (χ2v) is 9.80. The molecule has 2 aliphatic heterocycles. The van der Waals surface area contributed by atoms with E-state index in [0.717, 1.165) is 56.6 Å². The van der Waals surface area contributed by atoms with Gasteiger partial charge in [0.1, 0.15) is 11.6 Å². The molecule has 2 heterocycles. The Balaban J connectivity index is 1.13. The molecule has 0 spiro atoms. The van der Waals surface area contributed by atoms with E-state index in [0.29, 0.717) is 12.0 Å². The van der Waals surface area contributed by atoms with Crippen molar-refractivity contribution in [2.45, 2.75) is 50.7 Å². The molecule has 0 aliphatic carbocycles. The lowest BCUT2D eigenvalue weighted by molar-refractivity contribution is -0.0283. The highest BCUT2D eigenvalue weighted by Crippen LogP contribution is 2.32. The van der Waals surface area contributed by atoms with Crippen molar-refractivity contribution < 1.29 is 13.5 Å². The maximum atomic E-state index is 13.5. The van der Waals surface area contributed by atoms with E-state index < -0.39 is 0 Å². The number of hydrogen-bond acceptors (Lipinski definition) is 2. The molecule has 3 aromatic carbocycles. The second-order valence-electron chi connectivity index (χ2n) is 9.80. The van der Waals surface area contributed by atoms with E-state index in [-0.39, 0.29) is 17.6 Å². The van der Waals surface area contributed by atoms with E-state index in [1.165, 1.54) is 48.2 Å². The topological polar surface area (TPSA) is 12.5 Å². The molecule has 1 fully saturated rings. The Bertz CT molecular complexity index is 1010.